The zero-order valence-electron chi connectivity index (χ0n) is 11.6. The fourth-order valence-electron chi connectivity index (χ4n) is 2.81. The van der Waals surface area contributed by atoms with Crippen molar-refractivity contribution in [3.8, 4) is 0 Å². The van der Waals surface area contributed by atoms with Crippen LogP contribution in [-0.4, -0.2) is 34.0 Å². The van der Waals surface area contributed by atoms with Crippen molar-refractivity contribution in [3.63, 3.8) is 0 Å². The molecular formula is C15H18BrNO3. The molecule has 1 fully saturated rings. The van der Waals surface area contributed by atoms with Crippen LogP contribution in [0, 0.1) is 0 Å². The van der Waals surface area contributed by atoms with Crippen LogP contribution < -0.4 is 0 Å². The Morgan fingerprint density at radius 2 is 1.70 bits per heavy atom. The number of carbonyl (C=O) groups excluding carboxylic acids is 1. The Balaban J connectivity index is 2.35. The Labute approximate surface area is 126 Å². The normalized spacial score (nSPS) is 22.6. The zero-order chi connectivity index (χ0) is 14.9. The molecule has 1 aliphatic rings. The molecule has 1 aromatic rings. The van der Waals surface area contributed by atoms with Crippen molar-refractivity contribution in [3.05, 3.63) is 33.8 Å². The molecule has 0 aliphatic carbocycles. The van der Waals surface area contributed by atoms with Gasteiger partial charge in [-0.25, -0.2) is 4.79 Å². The third-order valence-electron chi connectivity index (χ3n) is 3.82. The Morgan fingerprint density at radius 1 is 1.15 bits per heavy atom. The van der Waals surface area contributed by atoms with Gasteiger partial charge in [0.15, 0.2) is 0 Å². The molecule has 0 spiro atoms. The number of likely N-dealkylation sites (tertiary alicyclic amines) is 1. The number of rotatable bonds is 2. The second-order valence-electron chi connectivity index (χ2n) is 5.38. The molecule has 0 aromatic heterocycles. The maximum atomic E-state index is 12.7. The second-order valence-corrected chi connectivity index (χ2v) is 6.29. The van der Waals surface area contributed by atoms with Gasteiger partial charge in [0.1, 0.15) is 0 Å². The van der Waals surface area contributed by atoms with Gasteiger partial charge in [-0.3, -0.25) is 4.79 Å². The number of benzene rings is 1. The van der Waals surface area contributed by atoms with Crippen LogP contribution in [0.5, 0.6) is 0 Å². The summed E-state index contributed by atoms with van der Waals surface area (Å²) in [6.45, 7) is 4.09. The predicted molar refractivity (Wildman–Crippen MR) is 80.0 cm³/mol. The summed E-state index contributed by atoms with van der Waals surface area (Å²) in [5, 5.41) is 9.08. The smallest absolute Gasteiger partial charge is 0.335 e. The first-order chi connectivity index (χ1) is 9.40. The van der Waals surface area contributed by atoms with E-state index in [4.69, 9.17) is 5.11 Å². The molecule has 0 saturated carbocycles. The number of halogens is 1. The number of hydrogen-bond donors (Lipinski definition) is 1. The van der Waals surface area contributed by atoms with Gasteiger partial charge in [-0.05, 0) is 51.3 Å². The van der Waals surface area contributed by atoms with E-state index in [0.29, 0.717) is 10.0 Å². The van der Waals surface area contributed by atoms with Crippen LogP contribution >= 0.6 is 15.9 Å². The first kappa shape index (κ1) is 15.0. The number of carboxylic acid groups (broad SMARTS) is 1. The molecule has 1 aromatic carbocycles. The third-order valence-corrected chi connectivity index (χ3v) is 4.28. The fraction of sp³-hybridized carbons (Fsp3) is 0.467. The van der Waals surface area contributed by atoms with Crippen molar-refractivity contribution in [2.45, 2.75) is 45.2 Å². The van der Waals surface area contributed by atoms with Crippen molar-refractivity contribution in [1.82, 2.24) is 4.90 Å². The number of amides is 1. The van der Waals surface area contributed by atoms with Crippen molar-refractivity contribution in [2.24, 2.45) is 0 Å². The Bertz CT molecular complexity index is 534. The minimum atomic E-state index is -1.03. The molecule has 4 nitrogen and oxygen atoms in total. The molecule has 1 saturated heterocycles. The van der Waals surface area contributed by atoms with Crippen LogP contribution in [0.4, 0.5) is 0 Å². The van der Waals surface area contributed by atoms with Crippen LogP contribution in [0.2, 0.25) is 0 Å². The van der Waals surface area contributed by atoms with Gasteiger partial charge in [0.25, 0.3) is 5.91 Å². The minimum absolute atomic E-state index is 0.0894. The average molecular weight is 340 g/mol. The van der Waals surface area contributed by atoms with Crippen LogP contribution in [0.3, 0.4) is 0 Å². The summed E-state index contributed by atoms with van der Waals surface area (Å²) in [4.78, 5) is 25.6. The summed E-state index contributed by atoms with van der Waals surface area (Å²) < 4.78 is 0.609. The highest BCUT2D eigenvalue weighted by molar-refractivity contribution is 9.10. The van der Waals surface area contributed by atoms with E-state index >= 15 is 0 Å². The highest BCUT2D eigenvalue weighted by Crippen LogP contribution is 2.26. The molecule has 108 valence electrons. The molecule has 1 aliphatic heterocycles. The quantitative estimate of drug-likeness (QED) is 0.896. The van der Waals surface area contributed by atoms with E-state index < -0.39 is 5.97 Å². The molecule has 0 radical (unpaired) electrons. The molecule has 0 bridgehead atoms. The third kappa shape index (κ3) is 3.03. The fourth-order valence-corrected chi connectivity index (χ4v) is 3.30. The topological polar surface area (TPSA) is 57.6 Å². The number of aromatic carboxylic acids is 1. The SMILES string of the molecule is CC1CCCC(C)N1C(=O)c1cc(Br)cc(C(=O)O)c1. The van der Waals surface area contributed by atoms with E-state index in [-0.39, 0.29) is 23.6 Å². The molecule has 5 heteroatoms. The van der Waals surface area contributed by atoms with Gasteiger partial charge in [0.05, 0.1) is 5.56 Å². The van der Waals surface area contributed by atoms with Gasteiger partial charge in [-0.2, -0.15) is 0 Å². The van der Waals surface area contributed by atoms with Crippen molar-refractivity contribution < 1.29 is 14.7 Å². The van der Waals surface area contributed by atoms with E-state index in [0.717, 1.165) is 19.3 Å². The largest absolute Gasteiger partial charge is 0.478 e. The number of carboxylic acids is 1. The highest BCUT2D eigenvalue weighted by atomic mass is 79.9. The summed E-state index contributed by atoms with van der Waals surface area (Å²) in [5.74, 6) is -1.12. The summed E-state index contributed by atoms with van der Waals surface area (Å²) in [6.07, 6.45) is 3.12. The minimum Gasteiger partial charge on any atom is -0.478 e. The Hall–Kier alpha value is -1.36. The first-order valence-electron chi connectivity index (χ1n) is 6.76. The number of carbonyl (C=O) groups is 2. The zero-order valence-corrected chi connectivity index (χ0v) is 13.2. The molecule has 2 atom stereocenters. The van der Waals surface area contributed by atoms with Gasteiger partial charge in [0.2, 0.25) is 0 Å². The van der Waals surface area contributed by atoms with Gasteiger partial charge >= 0.3 is 5.97 Å². The summed E-state index contributed by atoms with van der Waals surface area (Å²) in [7, 11) is 0. The lowest BCUT2D eigenvalue weighted by Gasteiger charge is -2.39. The Kier molecular flexibility index (Phi) is 4.48. The van der Waals surface area contributed by atoms with Crippen LogP contribution in [0.15, 0.2) is 22.7 Å². The molecule has 1 heterocycles. The molecule has 2 unspecified atom stereocenters. The summed E-state index contributed by atoms with van der Waals surface area (Å²) in [6, 6.07) is 5.02. The first-order valence-corrected chi connectivity index (χ1v) is 7.56. The van der Waals surface area contributed by atoms with Crippen molar-refractivity contribution in [1.29, 1.82) is 0 Å². The van der Waals surface area contributed by atoms with E-state index in [1.54, 1.807) is 6.07 Å². The maximum Gasteiger partial charge on any atom is 0.335 e. The molecule has 1 N–H and O–H groups in total. The highest BCUT2D eigenvalue weighted by Gasteiger charge is 2.30. The lowest BCUT2D eigenvalue weighted by molar-refractivity contribution is 0.0510. The molecule has 2 rings (SSSR count). The lowest BCUT2D eigenvalue weighted by Crippen LogP contribution is -2.47. The van der Waals surface area contributed by atoms with Crippen LogP contribution in [0.25, 0.3) is 0 Å². The number of hydrogen-bond acceptors (Lipinski definition) is 2. The average Bonchev–Trinajstić information content (AvgIpc) is 2.37. The van der Waals surface area contributed by atoms with Crippen LogP contribution in [0.1, 0.15) is 53.8 Å². The monoisotopic (exact) mass is 339 g/mol. The predicted octanol–water partition coefficient (Wildman–Crippen LogP) is 3.55. The van der Waals surface area contributed by atoms with Crippen molar-refractivity contribution >= 4 is 27.8 Å². The van der Waals surface area contributed by atoms with E-state index in [2.05, 4.69) is 15.9 Å². The van der Waals surface area contributed by atoms with E-state index in [1.165, 1.54) is 12.1 Å². The van der Waals surface area contributed by atoms with Gasteiger partial charge in [-0.15, -0.1) is 0 Å². The van der Waals surface area contributed by atoms with Gasteiger partial charge in [0, 0.05) is 22.1 Å². The van der Waals surface area contributed by atoms with Crippen LogP contribution in [-0.2, 0) is 0 Å². The van der Waals surface area contributed by atoms with E-state index in [1.807, 2.05) is 18.7 Å². The Morgan fingerprint density at radius 3 is 2.25 bits per heavy atom. The molecular weight excluding hydrogens is 322 g/mol. The molecule has 1 amide bonds. The number of nitrogens with zero attached hydrogens (tertiary/aromatic N) is 1. The van der Waals surface area contributed by atoms with Crippen molar-refractivity contribution in [2.75, 3.05) is 0 Å². The summed E-state index contributed by atoms with van der Waals surface area (Å²) in [5.41, 5.74) is 0.553. The van der Waals surface area contributed by atoms with E-state index in [9.17, 15) is 9.59 Å². The molecule has 20 heavy (non-hydrogen) atoms. The standard InChI is InChI=1S/C15H18BrNO3/c1-9-4-3-5-10(2)17(9)14(18)11-6-12(15(19)20)8-13(16)7-11/h6-10H,3-5H2,1-2H3,(H,19,20). The summed E-state index contributed by atoms with van der Waals surface area (Å²) >= 11 is 3.27. The maximum absolute atomic E-state index is 12.7. The number of piperidine rings is 1. The van der Waals surface area contributed by atoms with Gasteiger partial charge in [-0.1, -0.05) is 15.9 Å². The lowest BCUT2D eigenvalue weighted by atomic mass is 9.96. The second kappa shape index (κ2) is 5.95. The van der Waals surface area contributed by atoms with Gasteiger partial charge < -0.3 is 10.0 Å².